The lowest BCUT2D eigenvalue weighted by Crippen LogP contribution is -2.52. The van der Waals surface area contributed by atoms with Gasteiger partial charge in [0.1, 0.15) is 5.75 Å². The summed E-state index contributed by atoms with van der Waals surface area (Å²) in [6, 6.07) is 8.83. The molecule has 0 unspecified atom stereocenters. The fourth-order valence-corrected chi connectivity index (χ4v) is 2.59. The lowest BCUT2D eigenvalue weighted by Gasteiger charge is -2.34. The molecule has 1 aliphatic heterocycles. The largest absolute Gasteiger partial charge is 0.484 e. The van der Waals surface area contributed by atoms with Crippen molar-refractivity contribution in [1.82, 2.24) is 15.1 Å². The van der Waals surface area contributed by atoms with Gasteiger partial charge in [0, 0.05) is 32.2 Å². The molecule has 1 heterocycles. The monoisotopic (exact) mass is 344 g/mol. The first-order valence-electron chi connectivity index (χ1n) is 8.40. The Bertz CT molecular complexity index is 629. The number of ether oxygens (including phenoxy) is 1. The van der Waals surface area contributed by atoms with Crippen LogP contribution >= 0.6 is 0 Å². The van der Waals surface area contributed by atoms with Crippen molar-refractivity contribution in [3.05, 3.63) is 29.8 Å². The van der Waals surface area contributed by atoms with E-state index in [9.17, 15) is 9.59 Å². The molecule has 134 valence electrons. The van der Waals surface area contributed by atoms with Gasteiger partial charge in [0.05, 0.1) is 18.2 Å². The van der Waals surface area contributed by atoms with Crippen molar-refractivity contribution >= 4 is 11.8 Å². The molecule has 1 saturated heterocycles. The Labute approximate surface area is 148 Å². The predicted octanol–water partition coefficient (Wildman–Crippen LogP) is 0.606. The van der Waals surface area contributed by atoms with Crippen molar-refractivity contribution in [2.45, 2.75) is 19.9 Å². The minimum absolute atomic E-state index is 0.0129. The summed E-state index contributed by atoms with van der Waals surface area (Å²) in [7, 11) is 0. The lowest BCUT2D eigenvalue weighted by atomic mass is 10.2. The van der Waals surface area contributed by atoms with Crippen molar-refractivity contribution in [2.75, 3.05) is 39.3 Å². The van der Waals surface area contributed by atoms with Gasteiger partial charge in [0.15, 0.2) is 6.61 Å². The Morgan fingerprint density at radius 2 is 1.84 bits per heavy atom. The Morgan fingerprint density at radius 3 is 2.40 bits per heavy atom. The van der Waals surface area contributed by atoms with Crippen LogP contribution in [-0.2, 0) is 9.59 Å². The molecule has 2 amide bonds. The van der Waals surface area contributed by atoms with E-state index in [1.165, 1.54) is 0 Å². The second-order valence-electron chi connectivity index (χ2n) is 6.30. The van der Waals surface area contributed by atoms with E-state index in [1.807, 2.05) is 24.8 Å². The standard InChI is InChI=1S/C18H24N4O3/c1-14(2)20-17(23)12-21-7-9-22(10-8-21)18(24)13-25-16-5-3-15(11-19)4-6-16/h3-6,14H,7-10,12-13H2,1-2H3,(H,20,23). The zero-order valence-electron chi connectivity index (χ0n) is 14.7. The van der Waals surface area contributed by atoms with Crippen LogP contribution < -0.4 is 10.1 Å². The van der Waals surface area contributed by atoms with Crippen molar-refractivity contribution in [1.29, 1.82) is 5.26 Å². The first-order chi connectivity index (χ1) is 12.0. The highest BCUT2D eigenvalue weighted by Crippen LogP contribution is 2.12. The molecule has 0 saturated carbocycles. The first kappa shape index (κ1) is 18.7. The van der Waals surface area contributed by atoms with Crippen LogP contribution in [0.5, 0.6) is 5.75 Å². The van der Waals surface area contributed by atoms with Crippen LogP contribution in [0.2, 0.25) is 0 Å². The zero-order valence-corrected chi connectivity index (χ0v) is 14.7. The number of nitriles is 1. The maximum Gasteiger partial charge on any atom is 0.260 e. The fraction of sp³-hybridized carbons (Fsp3) is 0.500. The number of benzene rings is 1. The third-order valence-corrected chi connectivity index (χ3v) is 3.89. The molecule has 0 spiro atoms. The Hall–Kier alpha value is -2.59. The maximum atomic E-state index is 12.2. The second-order valence-corrected chi connectivity index (χ2v) is 6.30. The number of carbonyl (C=O) groups excluding carboxylic acids is 2. The summed E-state index contributed by atoms with van der Waals surface area (Å²) < 4.78 is 5.48. The third kappa shape index (κ3) is 6.08. The van der Waals surface area contributed by atoms with Crippen LogP contribution in [0.1, 0.15) is 19.4 Å². The zero-order chi connectivity index (χ0) is 18.2. The molecule has 1 fully saturated rings. The number of hydrogen-bond donors (Lipinski definition) is 1. The van der Waals surface area contributed by atoms with Gasteiger partial charge in [-0.05, 0) is 38.1 Å². The van der Waals surface area contributed by atoms with Crippen LogP contribution in [0.3, 0.4) is 0 Å². The number of piperazine rings is 1. The van der Waals surface area contributed by atoms with Crippen molar-refractivity contribution in [2.24, 2.45) is 0 Å². The SMILES string of the molecule is CC(C)NC(=O)CN1CCN(C(=O)COc2ccc(C#N)cc2)CC1. The second kappa shape index (κ2) is 9.04. The van der Waals surface area contributed by atoms with E-state index in [4.69, 9.17) is 10.00 Å². The fourth-order valence-electron chi connectivity index (χ4n) is 2.59. The summed E-state index contributed by atoms with van der Waals surface area (Å²) >= 11 is 0. The average Bonchev–Trinajstić information content (AvgIpc) is 2.60. The topological polar surface area (TPSA) is 85.7 Å². The number of amides is 2. The van der Waals surface area contributed by atoms with Crippen LogP contribution in [-0.4, -0.2) is 67.0 Å². The van der Waals surface area contributed by atoms with E-state index >= 15 is 0 Å². The van der Waals surface area contributed by atoms with Crippen LogP contribution in [0, 0.1) is 11.3 Å². The molecule has 0 radical (unpaired) electrons. The van der Waals surface area contributed by atoms with Crippen LogP contribution in [0.15, 0.2) is 24.3 Å². The molecule has 0 aliphatic carbocycles. The third-order valence-electron chi connectivity index (χ3n) is 3.89. The maximum absolute atomic E-state index is 12.2. The van der Waals surface area contributed by atoms with E-state index < -0.39 is 0 Å². The van der Waals surface area contributed by atoms with Gasteiger partial charge in [-0.3, -0.25) is 14.5 Å². The number of rotatable bonds is 6. The van der Waals surface area contributed by atoms with Gasteiger partial charge in [-0.2, -0.15) is 5.26 Å². The Kier molecular flexibility index (Phi) is 6.78. The minimum atomic E-state index is -0.0735. The molecule has 0 atom stereocenters. The van der Waals surface area contributed by atoms with Crippen LogP contribution in [0.4, 0.5) is 0 Å². The summed E-state index contributed by atoms with van der Waals surface area (Å²) in [6.07, 6.45) is 0. The number of carbonyl (C=O) groups is 2. The highest BCUT2D eigenvalue weighted by atomic mass is 16.5. The first-order valence-corrected chi connectivity index (χ1v) is 8.40. The van der Waals surface area contributed by atoms with E-state index in [2.05, 4.69) is 5.32 Å². The van der Waals surface area contributed by atoms with Gasteiger partial charge in [0.2, 0.25) is 5.91 Å². The molecule has 25 heavy (non-hydrogen) atoms. The lowest BCUT2D eigenvalue weighted by molar-refractivity contribution is -0.135. The van der Waals surface area contributed by atoms with E-state index in [1.54, 1.807) is 29.2 Å². The number of nitrogens with one attached hydrogen (secondary N) is 1. The quantitative estimate of drug-likeness (QED) is 0.817. The summed E-state index contributed by atoms with van der Waals surface area (Å²) in [4.78, 5) is 27.8. The van der Waals surface area contributed by atoms with Crippen molar-refractivity contribution in [3.63, 3.8) is 0 Å². The van der Waals surface area contributed by atoms with Gasteiger partial charge in [-0.25, -0.2) is 0 Å². The molecular formula is C18H24N4O3. The van der Waals surface area contributed by atoms with Gasteiger partial charge in [-0.15, -0.1) is 0 Å². The normalized spacial score (nSPS) is 14.9. The Balaban J connectivity index is 1.71. The molecule has 1 N–H and O–H groups in total. The molecule has 2 rings (SSSR count). The van der Waals surface area contributed by atoms with Gasteiger partial charge < -0.3 is 15.0 Å². The number of nitrogens with zero attached hydrogens (tertiary/aromatic N) is 3. The Morgan fingerprint density at radius 1 is 1.20 bits per heavy atom. The van der Waals surface area contributed by atoms with Crippen molar-refractivity contribution < 1.29 is 14.3 Å². The highest BCUT2D eigenvalue weighted by molar-refractivity contribution is 5.79. The summed E-state index contributed by atoms with van der Waals surface area (Å²) in [5.41, 5.74) is 0.552. The molecule has 1 aliphatic rings. The van der Waals surface area contributed by atoms with E-state index in [-0.39, 0.29) is 24.5 Å². The molecular weight excluding hydrogens is 320 g/mol. The molecule has 0 bridgehead atoms. The summed E-state index contributed by atoms with van der Waals surface area (Å²) in [5.74, 6) is 0.505. The van der Waals surface area contributed by atoms with E-state index in [0.29, 0.717) is 44.0 Å². The minimum Gasteiger partial charge on any atom is -0.484 e. The summed E-state index contributed by atoms with van der Waals surface area (Å²) in [5, 5.41) is 11.6. The summed E-state index contributed by atoms with van der Waals surface area (Å²) in [6.45, 7) is 6.73. The van der Waals surface area contributed by atoms with Crippen LogP contribution in [0.25, 0.3) is 0 Å². The molecule has 1 aromatic rings. The van der Waals surface area contributed by atoms with Gasteiger partial charge in [-0.1, -0.05) is 0 Å². The highest BCUT2D eigenvalue weighted by Gasteiger charge is 2.22. The smallest absolute Gasteiger partial charge is 0.260 e. The molecule has 7 nitrogen and oxygen atoms in total. The predicted molar refractivity (Wildman–Crippen MR) is 93.0 cm³/mol. The average molecular weight is 344 g/mol. The van der Waals surface area contributed by atoms with E-state index in [0.717, 1.165) is 0 Å². The molecule has 1 aromatic carbocycles. The molecule has 0 aromatic heterocycles. The van der Waals surface area contributed by atoms with Gasteiger partial charge >= 0.3 is 0 Å². The molecule has 7 heteroatoms. The van der Waals surface area contributed by atoms with Crippen molar-refractivity contribution in [3.8, 4) is 11.8 Å². The number of hydrogen-bond acceptors (Lipinski definition) is 5. The van der Waals surface area contributed by atoms with Gasteiger partial charge in [0.25, 0.3) is 5.91 Å².